The van der Waals surface area contributed by atoms with Gasteiger partial charge in [0.15, 0.2) is 0 Å². The molecule has 0 amide bonds. The molecule has 0 spiro atoms. The number of sulfonamides is 1. The van der Waals surface area contributed by atoms with Crippen LogP contribution in [0.3, 0.4) is 0 Å². The van der Waals surface area contributed by atoms with E-state index < -0.39 is 10.0 Å². The predicted octanol–water partition coefficient (Wildman–Crippen LogP) is 1.26. The van der Waals surface area contributed by atoms with Crippen molar-refractivity contribution in [2.75, 3.05) is 7.11 Å². The Morgan fingerprint density at radius 3 is 2.30 bits per heavy atom. The summed E-state index contributed by atoms with van der Waals surface area (Å²) in [5.41, 5.74) is 0. The van der Waals surface area contributed by atoms with Gasteiger partial charge in [-0.3, -0.25) is 0 Å². The third-order valence-electron chi connectivity index (χ3n) is 4.16. The smallest absolute Gasteiger partial charge is 0.240 e. The molecule has 2 bridgehead atoms. The number of nitrogens with one attached hydrogen (secondary N) is 2. The van der Waals surface area contributed by atoms with Gasteiger partial charge >= 0.3 is 0 Å². The predicted molar refractivity (Wildman–Crippen MR) is 76.3 cm³/mol. The second-order valence-corrected chi connectivity index (χ2v) is 7.32. The van der Waals surface area contributed by atoms with E-state index in [1.807, 2.05) is 0 Å². The van der Waals surface area contributed by atoms with E-state index in [0.717, 1.165) is 25.7 Å². The summed E-state index contributed by atoms with van der Waals surface area (Å²) in [6.07, 6.45) is 4.08. The number of piperidine rings is 1. The molecule has 3 atom stereocenters. The number of ether oxygens (including phenoxy) is 1. The van der Waals surface area contributed by atoms with E-state index in [1.165, 1.54) is 0 Å². The number of hydrogen-bond acceptors (Lipinski definition) is 4. The van der Waals surface area contributed by atoms with Crippen LogP contribution in [0.5, 0.6) is 5.75 Å². The highest BCUT2D eigenvalue weighted by Crippen LogP contribution is 2.27. The fraction of sp³-hybridized carbons (Fsp3) is 0.571. The third kappa shape index (κ3) is 2.82. The maximum atomic E-state index is 12.4. The lowest BCUT2D eigenvalue weighted by Gasteiger charge is -2.29. The van der Waals surface area contributed by atoms with Crippen molar-refractivity contribution in [3.05, 3.63) is 24.3 Å². The number of rotatable bonds is 4. The molecular formula is C14H20N2O3S. The molecule has 2 N–H and O–H groups in total. The van der Waals surface area contributed by atoms with Crippen molar-refractivity contribution in [1.82, 2.24) is 10.0 Å². The van der Waals surface area contributed by atoms with Crippen molar-refractivity contribution >= 4 is 10.0 Å². The largest absolute Gasteiger partial charge is 0.497 e. The highest BCUT2D eigenvalue weighted by atomic mass is 32.2. The average Bonchev–Trinajstić information content (AvgIpc) is 2.77. The lowest BCUT2D eigenvalue weighted by molar-refractivity contribution is 0.345. The van der Waals surface area contributed by atoms with Crippen LogP contribution in [0.1, 0.15) is 25.7 Å². The van der Waals surface area contributed by atoms with Crippen molar-refractivity contribution in [3.63, 3.8) is 0 Å². The molecule has 2 aliphatic heterocycles. The monoisotopic (exact) mass is 296 g/mol. The Morgan fingerprint density at radius 2 is 1.75 bits per heavy atom. The van der Waals surface area contributed by atoms with Gasteiger partial charge in [-0.05, 0) is 49.9 Å². The van der Waals surface area contributed by atoms with Crippen LogP contribution in [0.25, 0.3) is 0 Å². The Bertz CT molecular complexity index is 559. The van der Waals surface area contributed by atoms with Gasteiger partial charge in [0.05, 0.1) is 12.0 Å². The molecule has 6 heteroatoms. The van der Waals surface area contributed by atoms with Crippen LogP contribution in [0.15, 0.2) is 29.2 Å². The lowest BCUT2D eigenvalue weighted by atomic mass is 10.0. The molecule has 1 unspecified atom stereocenters. The SMILES string of the molecule is COc1ccc(S(=O)(=O)NC2C[C@H]3CC[C@@H](C2)N3)cc1. The maximum Gasteiger partial charge on any atom is 0.240 e. The summed E-state index contributed by atoms with van der Waals surface area (Å²) in [5, 5.41) is 3.51. The molecule has 0 aromatic heterocycles. The highest BCUT2D eigenvalue weighted by Gasteiger charge is 2.35. The van der Waals surface area contributed by atoms with E-state index in [2.05, 4.69) is 10.0 Å². The summed E-state index contributed by atoms with van der Waals surface area (Å²) in [4.78, 5) is 0.296. The molecular weight excluding hydrogens is 276 g/mol. The Morgan fingerprint density at radius 1 is 1.15 bits per heavy atom. The van der Waals surface area contributed by atoms with Gasteiger partial charge in [-0.25, -0.2) is 13.1 Å². The third-order valence-corrected chi connectivity index (χ3v) is 5.70. The highest BCUT2D eigenvalue weighted by molar-refractivity contribution is 7.89. The molecule has 20 heavy (non-hydrogen) atoms. The molecule has 0 aliphatic carbocycles. The zero-order valence-corrected chi connectivity index (χ0v) is 12.3. The Balaban J connectivity index is 1.71. The van der Waals surface area contributed by atoms with Gasteiger partial charge in [0, 0.05) is 18.1 Å². The van der Waals surface area contributed by atoms with Crippen molar-refractivity contribution in [2.45, 2.75) is 48.7 Å². The molecule has 3 rings (SSSR count). The number of hydrogen-bond donors (Lipinski definition) is 2. The molecule has 2 saturated heterocycles. The normalized spacial score (nSPS) is 29.4. The van der Waals surface area contributed by atoms with Crippen molar-refractivity contribution < 1.29 is 13.2 Å². The van der Waals surface area contributed by atoms with Crippen molar-refractivity contribution in [2.24, 2.45) is 0 Å². The average molecular weight is 296 g/mol. The van der Waals surface area contributed by atoms with E-state index in [0.29, 0.717) is 22.7 Å². The Hall–Kier alpha value is -1.11. The van der Waals surface area contributed by atoms with E-state index in [-0.39, 0.29) is 6.04 Å². The first-order chi connectivity index (χ1) is 9.56. The number of fused-ring (bicyclic) bond motifs is 2. The first-order valence-corrected chi connectivity index (χ1v) is 8.47. The zero-order chi connectivity index (χ0) is 14.2. The van der Waals surface area contributed by atoms with Crippen LogP contribution in [0, 0.1) is 0 Å². The topological polar surface area (TPSA) is 67.4 Å². The van der Waals surface area contributed by atoms with Gasteiger partial charge in [-0.1, -0.05) is 0 Å². The van der Waals surface area contributed by atoms with E-state index in [1.54, 1.807) is 31.4 Å². The van der Waals surface area contributed by atoms with E-state index in [4.69, 9.17) is 4.74 Å². The van der Waals surface area contributed by atoms with E-state index >= 15 is 0 Å². The molecule has 110 valence electrons. The molecule has 0 saturated carbocycles. The summed E-state index contributed by atoms with van der Waals surface area (Å²) < 4.78 is 32.6. The number of methoxy groups -OCH3 is 1. The molecule has 1 aromatic rings. The molecule has 2 heterocycles. The van der Waals surface area contributed by atoms with Crippen molar-refractivity contribution in [3.8, 4) is 5.75 Å². The van der Waals surface area contributed by atoms with Crippen LogP contribution in [-0.2, 0) is 10.0 Å². The minimum absolute atomic E-state index is 0.0425. The Kier molecular flexibility index (Phi) is 3.70. The second kappa shape index (κ2) is 5.35. The summed E-state index contributed by atoms with van der Waals surface area (Å²) in [5.74, 6) is 0.656. The van der Waals surface area contributed by atoms with Crippen molar-refractivity contribution in [1.29, 1.82) is 0 Å². The fourth-order valence-electron chi connectivity index (χ4n) is 3.20. The van der Waals surface area contributed by atoms with Gasteiger partial charge in [-0.2, -0.15) is 0 Å². The van der Waals surface area contributed by atoms with Crippen LogP contribution < -0.4 is 14.8 Å². The van der Waals surface area contributed by atoms with Gasteiger partial charge in [0.1, 0.15) is 5.75 Å². The minimum atomic E-state index is -3.44. The van der Waals surface area contributed by atoms with Gasteiger partial charge in [0.25, 0.3) is 0 Å². The standard InChI is InChI=1S/C14H20N2O3S/c1-19-13-4-6-14(7-5-13)20(17,18)16-12-8-10-2-3-11(9-12)15-10/h4-7,10-12,15-16H,2-3,8-9H2,1H3/t10-,11+,12?. The molecule has 0 radical (unpaired) electrons. The minimum Gasteiger partial charge on any atom is -0.497 e. The van der Waals surface area contributed by atoms with Gasteiger partial charge < -0.3 is 10.1 Å². The summed E-state index contributed by atoms with van der Waals surface area (Å²) >= 11 is 0. The molecule has 5 nitrogen and oxygen atoms in total. The summed E-state index contributed by atoms with van der Waals surface area (Å²) in [6.45, 7) is 0. The lowest BCUT2D eigenvalue weighted by Crippen LogP contribution is -2.47. The van der Waals surface area contributed by atoms with E-state index in [9.17, 15) is 8.42 Å². The first kappa shape index (κ1) is 13.9. The molecule has 2 aliphatic rings. The molecule has 1 aromatic carbocycles. The summed E-state index contributed by atoms with van der Waals surface area (Å²) in [7, 11) is -1.88. The Labute approximate surface area is 119 Å². The maximum absolute atomic E-state index is 12.4. The van der Waals surface area contributed by atoms with Crippen LogP contribution in [0.4, 0.5) is 0 Å². The molecule has 2 fully saturated rings. The van der Waals surface area contributed by atoms with Gasteiger partial charge in [-0.15, -0.1) is 0 Å². The quantitative estimate of drug-likeness (QED) is 0.878. The number of benzene rings is 1. The summed E-state index contributed by atoms with van der Waals surface area (Å²) in [6, 6.07) is 7.48. The van der Waals surface area contributed by atoms with Gasteiger partial charge in [0.2, 0.25) is 10.0 Å². The fourth-order valence-corrected chi connectivity index (χ4v) is 4.46. The zero-order valence-electron chi connectivity index (χ0n) is 11.5. The first-order valence-electron chi connectivity index (χ1n) is 6.99. The van der Waals surface area contributed by atoms with Crippen LogP contribution in [0.2, 0.25) is 0 Å². The second-order valence-electron chi connectivity index (χ2n) is 5.60. The van der Waals surface area contributed by atoms with Crippen LogP contribution in [-0.4, -0.2) is 33.7 Å². The van der Waals surface area contributed by atoms with Crippen LogP contribution >= 0.6 is 0 Å².